The SMILES string of the molecule is CCCCCN(C(=O)C1CCNC1)C(C)CCC.Cl. The van der Waals surface area contributed by atoms with Crippen LogP contribution in [0.3, 0.4) is 0 Å². The average Bonchev–Trinajstić information content (AvgIpc) is 2.88. The maximum Gasteiger partial charge on any atom is 0.227 e. The van der Waals surface area contributed by atoms with E-state index in [0.717, 1.165) is 45.3 Å². The molecule has 1 N–H and O–H groups in total. The fraction of sp³-hybridized carbons (Fsp3) is 0.933. The molecule has 1 aliphatic rings. The molecule has 1 rings (SSSR count). The topological polar surface area (TPSA) is 32.3 Å². The summed E-state index contributed by atoms with van der Waals surface area (Å²) in [5.41, 5.74) is 0. The van der Waals surface area contributed by atoms with Crippen molar-refractivity contribution >= 4 is 18.3 Å². The molecular weight excluding hydrogens is 260 g/mol. The molecule has 19 heavy (non-hydrogen) atoms. The smallest absolute Gasteiger partial charge is 0.227 e. The molecule has 0 aromatic carbocycles. The van der Waals surface area contributed by atoms with E-state index in [0.29, 0.717) is 11.9 Å². The van der Waals surface area contributed by atoms with Gasteiger partial charge in [0.15, 0.2) is 0 Å². The molecule has 0 bridgehead atoms. The lowest BCUT2D eigenvalue weighted by molar-refractivity contribution is -0.137. The summed E-state index contributed by atoms with van der Waals surface area (Å²) in [5.74, 6) is 0.614. The first kappa shape index (κ1) is 18.7. The number of amides is 1. The Labute approximate surface area is 124 Å². The fourth-order valence-electron chi connectivity index (χ4n) is 2.75. The minimum atomic E-state index is 0. The van der Waals surface area contributed by atoms with Crippen LogP contribution in [0.15, 0.2) is 0 Å². The molecule has 0 aromatic heterocycles. The van der Waals surface area contributed by atoms with Gasteiger partial charge in [-0.2, -0.15) is 0 Å². The summed E-state index contributed by atoms with van der Waals surface area (Å²) in [7, 11) is 0. The summed E-state index contributed by atoms with van der Waals surface area (Å²) in [6.45, 7) is 9.44. The maximum atomic E-state index is 12.5. The van der Waals surface area contributed by atoms with Crippen molar-refractivity contribution in [3.63, 3.8) is 0 Å². The van der Waals surface area contributed by atoms with Gasteiger partial charge in [-0.1, -0.05) is 33.1 Å². The molecule has 1 fully saturated rings. The summed E-state index contributed by atoms with van der Waals surface area (Å²) < 4.78 is 0. The molecule has 1 aliphatic heterocycles. The Kier molecular flexibility index (Phi) is 10.3. The van der Waals surface area contributed by atoms with Gasteiger partial charge < -0.3 is 10.2 Å². The van der Waals surface area contributed by atoms with Gasteiger partial charge in [-0.15, -0.1) is 12.4 Å². The van der Waals surface area contributed by atoms with Crippen molar-refractivity contribution in [1.29, 1.82) is 0 Å². The summed E-state index contributed by atoms with van der Waals surface area (Å²) in [5, 5.41) is 3.30. The van der Waals surface area contributed by atoms with Crippen LogP contribution in [0.25, 0.3) is 0 Å². The average molecular weight is 291 g/mol. The molecule has 1 amide bonds. The predicted octanol–water partition coefficient (Wildman–Crippen LogP) is 3.23. The number of rotatable bonds is 8. The van der Waals surface area contributed by atoms with Crippen LogP contribution in [0.2, 0.25) is 0 Å². The molecule has 2 unspecified atom stereocenters. The molecule has 114 valence electrons. The first-order valence-corrected chi connectivity index (χ1v) is 7.71. The number of nitrogens with one attached hydrogen (secondary N) is 1. The quantitative estimate of drug-likeness (QED) is 0.696. The van der Waals surface area contributed by atoms with Gasteiger partial charge >= 0.3 is 0 Å². The van der Waals surface area contributed by atoms with Crippen molar-refractivity contribution in [2.24, 2.45) is 5.92 Å². The number of halogens is 1. The zero-order valence-corrected chi connectivity index (χ0v) is 13.6. The molecule has 1 saturated heterocycles. The lowest BCUT2D eigenvalue weighted by atomic mass is 10.0. The zero-order chi connectivity index (χ0) is 13.4. The minimum Gasteiger partial charge on any atom is -0.340 e. The van der Waals surface area contributed by atoms with Gasteiger partial charge in [0.2, 0.25) is 5.91 Å². The molecule has 3 nitrogen and oxygen atoms in total. The van der Waals surface area contributed by atoms with Gasteiger partial charge in [-0.05, 0) is 32.7 Å². The molecule has 0 aromatic rings. The normalized spacial score (nSPS) is 19.8. The van der Waals surface area contributed by atoms with Crippen molar-refractivity contribution in [1.82, 2.24) is 10.2 Å². The Morgan fingerprint density at radius 2 is 2.05 bits per heavy atom. The van der Waals surface area contributed by atoms with Crippen LogP contribution in [0.5, 0.6) is 0 Å². The third-order valence-corrected chi connectivity index (χ3v) is 3.93. The first-order chi connectivity index (χ1) is 8.70. The van der Waals surface area contributed by atoms with E-state index in [9.17, 15) is 4.79 Å². The van der Waals surface area contributed by atoms with Crippen LogP contribution in [0.1, 0.15) is 59.3 Å². The summed E-state index contributed by atoms with van der Waals surface area (Å²) in [4.78, 5) is 14.7. The summed E-state index contributed by atoms with van der Waals surface area (Å²) in [6.07, 6.45) is 6.89. The molecule has 2 atom stereocenters. The molecular formula is C15H31ClN2O. The number of nitrogens with zero attached hydrogens (tertiary/aromatic N) is 1. The largest absolute Gasteiger partial charge is 0.340 e. The van der Waals surface area contributed by atoms with E-state index in [4.69, 9.17) is 0 Å². The lowest BCUT2D eigenvalue weighted by Crippen LogP contribution is -2.43. The van der Waals surface area contributed by atoms with E-state index < -0.39 is 0 Å². The second-order valence-electron chi connectivity index (χ2n) is 5.57. The third kappa shape index (κ3) is 6.13. The van der Waals surface area contributed by atoms with Gasteiger partial charge in [-0.3, -0.25) is 4.79 Å². The van der Waals surface area contributed by atoms with Crippen LogP contribution in [-0.2, 0) is 4.79 Å². The number of unbranched alkanes of at least 4 members (excludes halogenated alkanes) is 2. The molecule has 0 radical (unpaired) electrons. The third-order valence-electron chi connectivity index (χ3n) is 3.93. The van der Waals surface area contributed by atoms with Gasteiger partial charge in [0.1, 0.15) is 0 Å². The van der Waals surface area contributed by atoms with Crippen LogP contribution in [-0.4, -0.2) is 36.5 Å². The van der Waals surface area contributed by atoms with Crippen LogP contribution in [0.4, 0.5) is 0 Å². The van der Waals surface area contributed by atoms with E-state index in [-0.39, 0.29) is 18.3 Å². The van der Waals surface area contributed by atoms with Crippen LogP contribution < -0.4 is 5.32 Å². The van der Waals surface area contributed by atoms with Crippen molar-refractivity contribution in [3.05, 3.63) is 0 Å². The Balaban J connectivity index is 0.00000324. The predicted molar refractivity (Wildman–Crippen MR) is 83.8 cm³/mol. The van der Waals surface area contributed by atoms with E-state index in [2.05, 4.69) is 31.0 Å². The Hall–Kier alpha value is -0.280. The van der Waals surface area contributed by atoms with Gasteiger partial charge in [0, 0.05) is 19.1 Å². The van der Waals surface area contributed by atoms with Crippen LogP contribution >= 0.6 is 12.4 Å². The zero-order valence-electron chi connectivity index (χ0n) is 12.8. The minimum absolute atomic E-state index is 0. The van der Waals surface area contributed by atoms with Crippen LogP contribution in [0, 0.1) is 5.92 Å². The maximum absolute atomic E-state index is 12.5. The van der Waals surface area contributed by atoms with E-state index in [1.165, 1.54) is 12.8 Å². The number of hydrogen-bond acceptors (Lipinski definition) is 2. The highest BCUT2D eigenvalue weighted by atomic mass is 35.5. The van der Waals surface area contributed by atoms with Crippen molar-refractivity contribution < 1.29 is 4.79 Å². The standard InChI is InChI=1S/C15H30N2O.ClH/c1-4-6-7-11-17(13(3)8-5-2)15(18)14-9-10-16-12-14;/h13-14,16H,4-12H2,1-3H3;1H. The molecule has 0 aliphatic carbocycles. The number of hydrogen-bond donors (Lipinski definition) is 1. The second-order valence-corrected chi connectivity index (χ2v) is 5.57. The van der Waals surface area contributed by atoms with Crippen molar-refractivity contribution in [2.45, 2.75) is 65.3 Å². The summed E-state index contributed by atoms with van der Waals surface area (Å²) in [6, 6.07) is 0.403. The van der Waals surface area contributed by atoms with E-state index in [1.54, 1.807) is 0 Å². The summed E-state index contributed by atoms with van der Waals surface area (Å²) >= 11 is 0. The highest BCUT2D eigenvalue weighted by Crippen LogP contribution is 2.17. The first-order valence-electron chi connectivity index (χ1n) is 7.71. The van der Waals surface area contributed by atoms with Gasteiger partial charge in [0.05, 0.1) is 5.92 Å². The van der Waals surface area contributed by atoms with Crippen molar-refractivity contribution in [3.8, 4) is 0 Å². The Morgan fingerprint density at radius 1 is 1.32 bits per heavy atom. The van der Waals surface area contributed by atoms with Gasteiger partial charge in [-0.25, -0.2) is 0 Å². The highest BCUT2D eigenvalue weighted by molar-refractivity contribution is 5.85. The second kappa shape index (κ2) is 10.5. The molecule has 1 heterocycles. The number of carbonyl (C=O) groups is 1. The molecule has 0 spiro atoms. The van der Waals surface area contributed by atoms with Crippen molar-refractivity contribution in [2.75, 3.05) is 19.6 Å². The number of carbonyl (C=O) groups excluding carboxylic acids is 1. The van der Waals surface area contributed by atoms with E-state index >= 15 is 0 Å². The Morgan fingerprint density at radius 3 is 2.58 bits per heavy atom. The Bertz CT molecular complexity index is 242. The molecule has 0 saturated carbocycles. The lowest BCUT2D eigenvalue weighted by Gasteiger charge is -2.31. The molecule has 4 heteroatoms. The fourth-order valence-corrected chi connectivity index (χ4v) is 2.75. The van der Waals surface area contributed by atoms with E-state index in [1.807, 2.05) is 0 Å². The van der Waals surface area contributed by atoms with Gasteiger partial charge in [0.25, 0.3) is 0 Å². The highest BCUT2D eigenvalue weighted by Gasteiger charge is 2.29. The monoisotopic (exact) mass is 290 g/mol.